The molecular formula is C33H41FN6O4. The van der Waals surface area contributed by atoms with Gasteiger partial charge in [-0.05, 0) is 56.5 Å². The Morgan fingerprint density at radius 2 is 1.70 bits per heavy atom. The first-order valence-electron chi connectivity index (χ1n) is 14.9. The smallest absolute Gasteiger partial charge is 0.440 e. The van der Waals surface area contributed by atoms with Gasteiger partial charge < -0.3 is 28.6 Å². The van der Waals surface area contributed by atoms with Gasteiger partial charge in [0.1, 0.15) is 11.4 Å². The van der Waals surface area contributed by atoms with Crippen LogP contribution in [0.1, 0.15) is 53.0 Å². The second kappa shape index (κ2) is 12.7. The van der Waals surface area contributed by atoms with Gasteiger partial charge in [-0.15, -0.1) is 0 Å². The predicted molar refractivity (Wildman–Crippen MR) is 167 cm³/mol. The summed E-state index contributed by atoms with van der Waals surface area (Å²) in [7, 11) is 1.98. The number of rotatable bonds is 9. The number of benzene rings is 2. The molecule has 0 bridgehead atoms. The molecule has 0 amide bonds. The Kier molecular flexibility index (Phi) is 8.94. The molecule has 3 heterocycles. The van der Waals surface area contributed by atoms with Crippen LogP contribution in [-0.2, 0) is 16.0 Å². The summed E-state index contributed by atoms with van der Waals surface area (Å²) in [5.74, 6) is 1.50. The van der Waals surface area contributed by atoms with E-state index in [1.165, 1.54) is 12.1 Å². The van der Waals surface area contributed by atoms with Crippen molar-refractivity contribution in [3.05, 3.63) is 72.2 Å². The summed E-state index contributed by atoms with van der Waals surface area (Å²) >= 11 is 0. The van der Waals surface area contributed by atoms with E-state index in [2.05, 4.69) is 30.4 Å². The van der Waals surface area contributed by atoms with Gasteiger partial charge in [0.2, 0.25) is 24.6 Å². The Morgan fingerprint density at radius 1 is 1.00 bits per heavy atom. The van der Waals surface area contributed by atoms with Gasteiger partial charge in [0.05, 0.1) is 17.6 Å². The average molecular weight is 605 g/mol. The fraction of sp³-hybridized carbons (Fsp3) is 0.455. The highest BCUT2D eigenvalue weighted by Crippen LogP contribution is 2.33. The molecular weight excluding hydrogens is 563 g/mol. The first kappa shape index (κ1) is 31.0. The number of para-hydroxylation sites is 2. The van der Waals surface area contributed by atoms with Gasteiger partial charge in [-0.25, -0.2) is 19.2 Å². The summed E-state index contributed by atoms with van der Waals surface area (Å²) in [6.07, 6.45) is 2.59. The van der Waals surface area contributed by atoms with Gasteiger partial charge >= 0.3 is 6.16 Å². The largest absolute Gasteiger partial charge is 0.511 e. The van der Waals surface area contributed by atoms with Crippen LogP contribution in [0.2, 0.25) is 0 Å². The molecule has 1 aliphatic rings. The summed E-state index contributed by atoms with van der Waals surface area (Å²) in [6.45, 7) is 11.6. The van der Waals surface area contributed by atoms with Crippen molar-refractivity contribution >= 4 is 29.1 Å². The third-order valence-corrected chi connectivity index (χ3v) is 8.64. The number of aromatic nitrogens is 4. The number of carbonyl (C=O) groups is 1. The zero-order valence-corrected chi connectivity index (χ0v) is 26.3. The molecule has 234 valence electrons. The molecule has 11 heteroatoms. The molecule has 4 aromatic rings. The molecule has 0 spiro atoms. The Morgan fingerprint density at radius 3 is 2.41 bits per heavy atom. The van der Waals surface area contributed by atoms with Crippen molar-refractivity contribution in [2.24, 2.45) is 5.41 Å². The Bertz CT molecular complexity index is 1580. The number of anilines is 2. The molecule has 44 heavy (non-hydrogen) atoms. The molecule has 10 nitrogen and oxygen atoms in total. The van der Waals surface area contributed by atoms with Crippen LogP contribution in [0.3, 0.4) is 0 Å². The van der Waals surface area contributed by atoms with E-state index in [-0.39, 0.29) is 24.1 Å². The van der Waals surface area contributed by atoms with E-state index in [4.69, 9.17) is 19.2 Å². The number of halogens is 1. The van der Waals surface area contributed by atoms with E-state index in [1.54, 1.807) is 12.3 Å². The standard InChI is InChI=1S/C33H41FN6O4/c1-32(2,3)33(4,5)44-31(41)43-22-42-28-15-18-35-29(37-28)38(6)25-16-19-39(20-17-25)30-36-26-9-7-8-10-27(26)40(30)21-23-11-13-24(34)14-12-23/h7-15,18,25H,16-17,19-22H2,1-6H3. The number of nitrogens with zero attached hydrogens (tertiary/aromatic N) is 6. The summed E-state index contributed by atoms with van der Waals surface area (Å²) in [4.78, 5) is 30.5. The average Bonchev–Trinajstić information content (AvgIpc) is 3.35. The zero-order chi connectivity index (χ0) is 31.5. The molecule has 1 saturated heterocycles. The molecule has 1 aliphatic heterocycles. The van der Waals surface area contributed by atoms with Crippen LogP contribution >= 0.6 is 0 Å². The fourth-order valence-electron chi connectivity index (χ4n) is 4.96. The molecule has 5 rings (SSSR count). The van der Waals surface area contributed by atoms with E-state index in [0.717, 1.165) is 48.5 Å². The van der Waals surface area contributed by atoms with Gasteiger partial charge in [0, 0.05) is 43.9 Å². The fourth-order valence-corrected chi connectivity index (χ4v) is 4.96. The van der Waals surface area contributed by atoms with Crippen molar-refractivity contribution in [3.8, 4) is 5.88 Å². The maximum atomic E-state index is 13.5. The van der Waals surface area contributed by atoms with Crippen molar-refractivity contribution in [1.82, 2.24) is 19.5 Å². The predicted octanol–water partition coefficient (Wildman–Crippen LogP) is 6.43. The molecule has 1 fully saturated rings. The first-order valence-corrected chi connectivity index (χ1v) is 14.9. The minimum absolute atomic E-state index is 0.210. The van der Waals surface area contributed by atoms with Crippen LogP contribution in [0, 0.1) is 11.2 Å². The van der Waals surface area contributed by atoms with Gasteiger partial charge in [0.25, 0.3) is 0 Å². The van der Waals surface area contributed by atoms with Crippen LogP contribution in [0.15, 0.2) is 60.8 Å². The number of hydrogen-bond donors (Lipinski definition) is 0. The SMILES string of the molecule is CN(c1nccc(OCOC(=O)OC(C)(C)C(C)(C)C)n1)C1CCN(c2nc3ccccc3n2Cc2ccc(F)cc2)CC1. The Balaban J connectivity index is 1.19. The van der Waals surface area contributed by atoms with Crippen LogP contribution in [0.4, 0.5) is 21.1 Å². The van der Waals surface area contributed by atoms with Crippen molar-refractivity contribution in [3.63, 3.8) is 0 Å². The van der Waals surface area contributed by atoms with Crippen LogP contribution in [0.25, 0.3) is 11.0 Å². The summed E-state index contributed by atoms with van der Waals surface area (Å²) in [5.41, 5.74) is 2.03. The van der Waals surface area contributed by atoms with Crippen molar-refractivity contribution in [2.75, 3.05) is 36.7 Å². The maximum Gasteiger partial charge on any atom is 0.511 e. The number of piperidine rings is 1. The summed E-state index contributed by atoms with van der Waals surface area (Å²) in [6, 6.07) is 16.6. The molecule has 0 saturated carbocycles. The number of fused-ring (bicyclic) bond motifs is 1. The molecule has 0 aliphatic carbocycles. The lowest BCUT2D eigenvalue weighted by molar-refractivity contribution is -0.0858. The van der Waals surface area contributed by atoms with Crippen LogP contribution in [-0.4, -0.2) is 64.2 Å². The van der Waals surface area contributed by atoms with Crippen molar-refractivity contribution < 1.29 is 23.4 Å². The van der Waals surface area contributed by atoms with Crippen molar-refractivity contribution in [2.45, 2.75) is 65.6 Å². The van der Waals surface area contributed by atoms with Crippen LogP contribution in [0.5, 0.6) is 5.88 Å². The van der Waals surface area contributed by atoms with Gasteiger partial charge in [-0.3, -0.25) is 0 Å². The molecule has 0 radical (unpaired) electrons. The minimum atomic E-state index is -0.797. The lowest BCUT2D eigenvalue weighted by Crippen LogP contribution is -2.44. The number of hydrogen-bond acceptors (Lipinski definition) is 9. The highest BCUT2D eigenvalue weighted by atomic mass is 19.1. The van der Waals surface area contributed by atoms with Gasteiger partial charge in [-0.1, -0.05) is 45.0 Å². The second-order valence-electron chi connectivity index (χ2n) is 12.7. The lowest BCUT2D eigenvalue weighted by Gasteiger charge is -2.37. The van der Waals surface area contributed by atoms with E-state index >= 15 is 0 Å². The quantitative estimate of drug-likeness (QED) is 0.158. The van der Waals surface area contributed by atoms with E-state index < -0.39 is 11.8 Å². The molecule has 0 atom stereocenters. The van der Waals surface area contributed by atoms with E-state index in [9.17, 15) is 9.18 Å². The topological polar surface area (TPSA) is 94.8 Å². The molecule has 2 aromatic heterocycles. The number of ether oxygens (including phenoxy) is 3. The summed E-state index contributed by atoms with van der Waals surface area (Å²) < 4.78 is 31.9. The third kappa shape index (κ3) is 7.03. The second-order valence-corrected chi connectivity index (χ2v) is 12.7. The minimum Gasteiger partial charge on any atom is -0.440 e. The van der Waals surface area contributed by atoms with E-state index in [0.29, 0.717) is 18.4 Å². The lowest BCUT2D eigenvalue weighted by atomic mass is 9.79. The Hall–Kier alpha value is -4.41. The van der Waals surface area contributed by atoms with Crippen LogP contribution < -0.4 is 14.5 Å². The number of carbonyl (C=O) groups excluding carboxylic acids is 1. The first-order chi connectivity index (χ1) is 20.9. The van der Waals surface area contributed by atoms with Crippen molar-refractivity contribution in [1.29, 1.82) is 0 Å². The molecule has 2 aromatic carbocycles. The molecule has 0 unspecified atom stereocenters. The zero-order valence-electron chi connectivity index (χ0n) is 26.3. The monoisotopic (exact) mass is 604 g/mol. The Labute approximate surface area is 257 Å². The van der Waals surface area contributed by atoms with Gasteiger partial charge in [0.15, 0.2) is 0 Å². The van der Waals surface area contributed by atoms with E-state index in [1.807, 2.05) is 72.0 Å². The highest BCUT2D eigenvalue weighted by molar-refractivity contribution is 5.79. The normalized spacial score (nSPS) is 14.5. The maximum absolute atomic E-state index is 13.5. The third-order valence-electron chi connectivity index (χ3n) is 8.64. The number of imidazole rings is 1. The summed E-state index contributed by atoms with van der Waals surface area (Å²) in [5, 5.41) is 0. The van der Waals surface area contributed by atoms with Gasteiger partial charge in [-0.2, -0.15) is 4.98 Å². The highest BCUT2D eigenvalue weighted by Gasteiger charge is 2.37. The molecule has 0 N–H and O–H groups in total.